The fraction of sp³-hybridized carbons (Fsp3) is 0.190. The highest BCUT2D eigenvalue weighted by atomic mass is 32.2. The Balaban J connectivity index is 2.18. The molecule has 1 aromatic heterocycles. The number of aromatic amines is 1. The molecule has 0 saturated carbocycles. The van der Waals surface area contributed by atoms with E-state index < -0.39 is 9.84 Å². The smallest absolute Gasteiger partial charge is 0.255 e. The van der Waals surface area contributed by atoms with Gasteiger partial charge >= 0.3 is 0 Å². The minimum absolute atomic E-state index is 0.218. The van der Waals surface area contributed by atoms with E-state index in [4.69, 9.17) is 0 Å². The van der Waals surface area contributed by atoms with Crippen molar-refractivity contribution in [3.63, 3.8) is 0 Å². The van der Waals surface area contributed by atoms with Gasteiger partial charge in [0.05, 0.1) is 9.79 Å². The molecule has 1 heterocycles. The minimum atomic E-state index is -3.64. The number of unbranched alkanes of at least 4 members (excludes halogenated alkanes) is 1. The van der Waals surface area contributed by atoms with Gasteiger partial charge in [0.2, 0.25) is 9.84 Å². The second-order valence-corrected chi connectivity index (χ2v) is 8.15. The SMILES string of the molecule is CCCCc1cc(-c2ccc[nH]c2=O)cc(S(=O)(=O)c2ccccc2)c1. The van der Waals surface area contributed by atoms with Gasteiger partial charge in [-0.15, -0.1) is 0 Å². The van der Waals surface area contributed by atoms with E-state index in [9.17, 15) is 13.2 Å². The van der Waals surface area contributed by atoms with Gasteiger partial charge in [-0.3, -0.25) is 4.79 Å². The molecule has 26 heavy (non-hydrogen) atoms. The molecule has 0 atom stereocenters. The predicted octanol–water partition coefficient (Wildman–Crippen LogP) is 4.22. The molecule has 0 unspecified atom stereocenters. The quantitative estimate of drug-likeness (QED) is 0.709. The average molecular weight is 367 g/mol. The van der Waals surface area contributed by atoms with Crippen LogP contribution in [0.5, 0.6) is 0 Å². The Labute approximate surface area is 153 Å². The van der Waals surface area contributed by atoms with Crippen LogP contribution in [0, 0.1) is 0 Å². The van der Waals surface area contributed by atoms with Gasteiger partial charge in [-0.2, -0.15) is 0 Å². The van der Waals surface area contributed by atoms with E-state index in [1.807, 2.05) is 6.07 Å². The Morgan fingerprint density at radius 3 is 2.38 bits per heavy atom. The molecule has 0 aliphatic heterocycles. The van der Waals surface area contributed by atoms with Crippen LogP contribution in [0.3, 0.4) is 0 Å². The maximum Gasteiger partial charge on any atom is 0.255 e. The lowest BCUT2D eigenvalue weighted by atomic mass is 10.0. The monoisotopic (exact) mass is 367 g/mol. The molecule has 0 amide bonds. The van der Waals surface area contributed by atoms with Crippen molar-refractivity contribution in [2.45, 2.75) is 36.0 Å². The van der Waals surface area contributed by atoms with E-state index in [1.54, 1.807) is 60.8 Å². The molecule has 4 nitrogen and oxygen atoms in total. The van der Waals surface area contributed by atoms with E-state index in [0.29, 0.717) is 11.1 Å². The van der Waals surface area contributed by atoms with E-state index in [0.717, 1.165) is 24.8 Å². The van der Waals surface area contributed by atoms with Gasteiger partial charge in [-0.25, -0.2) is 8.42 Å². The molecular formula is C21H21NO3S. The average Bonchev–Trinajstić information content (AvgIpc) is 2.67. The summed E-state index contributed by atoms with van der Waals surface area (Å²) >= 11 is 0. The Morgan fingerprint density at radius 2 is 1.69 bits per heavy atom. The fourth-order valence-electron chi connectivity index (χ4n) is 2.88. The first-order valence-electron chi connectivity index (χ1n) is 8.64. The number of benzene rings is 2. The summed E-state index contributed by atoms with van der Waals surface area (Å²) in [6, 6.07) is 17.0. The van der Waals surface area contributed by atoms with E-state index in [-0.39, 0.29) is 15.4 Å². The number of nitrogens with one attached hydrogen (secondary N) is 1. The topological polar surface area (TPSA) is 67.0 Å². The lowest BCUT2D eigenvalue weighted by molar-refractivity contribution is 0.596. The Kier molecular flexibility index (Phi) is 5.38. The Hall–Kier alpha value is -2.66. The van der Waals surface area contributed by atoms with Crippen LogP contribution in [0.4, 0.5) is 0 Å². The molecule has 0 bridgehead atoms. The lowest BCUT2D eigenvalue weighted by Crippen LogP contribution is -2.09. The molecule has 0 radical (unpaired) electrons. The second kappa shape index (κ2) is 7.70. The first kappa shape index (κ1) is 18.1. The van der Waals surface area contributed by atoms with E-state index >= 15 is 0 Å². The number of aromatic nitrogens is 1. The van der Waals surface area contributed by atoms with E-state index in [2.05, 4.69) is 11.9 Å². The molecule has 0 aliphatic carbocycles. The summed E-state index contributed by atoms with van der Waals surface area (Å²) in [6.07, 6.45) is 4.30. The third-order valence-corrected chi connectivity index (χ3v) is 6.03. The van der Waals surface area contributed by atoms with Gasteiger partial charge in [0.1, 0.15) is 0 Å². The van der Waals surface area contributed by atoms with Gasteiger partial charge in [0, 0.05) is 11.8 Å². The number of H-pyrrole nitrogens is 1. The number of hydrogen-bond acceptors (Lipinski definition) is 3. The number of sulfone groups is 1. The van der Waals surface area contributed by atoms with Crippen molar-refractivity contribution >= 4 is 9.84 Å². The highest BCUT2D eigenvalue weighted by molar-refractivity contribution is 7.91. The largest absolute Gasteiger partial charge is 0.329 e. The number of pyridine rings is 1. The zero-order chi connectivity index (χ0) is 18.6. The van der Waals surface area contributed by atoms with Gasteiger partial charge < -0.3 is 4.98 Å². The van der Waals surface area contributed by atoms with Crippen molar-refractivity contribution in [2.75, 3.05) is 0 Å². The minimum Gasteiger partial charge on any atom is -0.329 e. The molecule has 3 aromatic rings. The molecule has 1 N–H and O–H groups in total. The van der Waals surface area contributed by atoms with Crippen LogP contribution in [0.25, 0.3) is 11.1 Å². The zero-order valence-corrected chi connectivity index (χ0v) is 15.4. The molecule has 3 rings (SSSR count). The molecule has 134 valence electrons. The van der Waals surface area contributed by atoms with Crippen molar-refractivity contribution in [3.8, 4) is 11.1 Å². The third-order valence-electron chi connectivity index (χ3n) is 4.28. The summed E-state index contributed by atoms with van der Waals surface area (Å²) in [4.78, 5) is 15.3. The van der Waals surface area contributed by atoms with Crippen molar-refractivity contribution in [3.05, 3.63) is 82.8 Å². The Morgan fingerprint density at radius 1 is 0.923 bits per heavy atom. The number of rotatable bonds is 6. The standard InChI is InChI=1S/C21H21NO3S/c1-2-3-8-16-13-17(20-11-7-12-22-21(20)23)15-19(14-16)26(24,25)18-9-5-4-6-10-18/h4-7,9-15H,2-3,8H2,1H3,(H,22,23). The second-order valence-electron chi connectivity index (χ2n) is 6.20. The van der Waals surface area contributed by atoms with Gasteiger partial charge in [0.15, 0.2) is 0 Å². The van der Waals surface area contributed by atoms with Crippen LogP contribution in [-0.4, -0.2) is 13.4 Å². The molecule has 0 aliphatic rings. The van der Waals surface area contributed by atoms with Crippen molar-refractivity contribution in [1.82, 2.24) is 4.98 Å². The van der Waals surface area contributed by atoms with Gasteiger partial charge in [-0.1, -0.05) is 37.6 Å². The lowest BCUT2D eigenvalue weighted by Gasteiger charge is -2.11. The maximum atomic E-state index is 13.0. The van der Waals surface area contributed by atoms with Crippen LogP contribution in [0.2, 0.25) is 0 Å². The van der Waals surface area contributed by atoms with Crippen molar-refractivity contribution in [1.29, 1.82) is 0 Å². The molecule has 5 heteroatoms. The molecule has 2 aromatic carbocycles. The summed E-state index contributed by atoms with van der Waals surface area (Å²) in [5.74, 6) is 0. The highest BCUT2D eigenvalue weighted by Crippen LogP contribution is 2.27. The first-order chi connectivity index (χ1) is 12.5. The van der Waals surface area contributed by atoms with Crippen molar-refractivity contribution in [2.24, 2.45) is 0 Å². The van der Waals surface area contributed by atoms with Crippen molar-refractivity contribution < 1.29 is 8.42 Å². The Bertz CT molecular complexity index is 1050. The first-order valence-corrected chi connectivity index (χ1v) is 10.1. The van der Waals surface area contributed by atoms with Crippen LogP contribution in [0.1, 0.15) is 25.3 Å². The highest BCUT2D eigenvalue weighted by Gasteiger charge is 2.19. The number of hydrogen-bond donors (Lipinski definition) is 1. The van der Waals surface area contributed by atoms with Gasteiger partial charge in [-0.05, 0) is 60.4 Å². The summed E-state index contributed by atoms with van der Waals surface area (Å²) in [7, 11) is -3.64. The molecular weight excluding hydrogens is 346 g/mol. The molecule has 0 saturated heterocycles. The van der Waals surface area contributed by atoms with Crippen LogP contribution < -0.4 is 5.56 Å². The maximum absolute atomic E-state index is 13.0. The van der Waals surface area contributed by atoms with E-state index in [1.165, 1.54) is 0 Å². The third kappa shape index (κ3) is 3.78. The summed E-state index contributed by atoms with van der Waals surface area (Å²) in [6.45, 7) is 2.09. The van der Waals surface area contributed by atoms with Crippen LogP contribution in [-0.2, 0) is 16.3 Å². The van der Waals surface area contributed by atoms with Crippen LogP contribution in [0.15, 0.2) is 81.4 Å². The molecule has 0 fully saturated rings. The fourth-order valence-corrected chi connectivity index (χ4v) is 4.26. The zero-order valence-electron chi connectivity index (χ0n) is 14.6. The van der Waals surface area contributed by atoms with Gasteiger partial charge in [0.25, 0.3) is 5.56 Å². The predicted molar refractivity (Wildman–Crippen MR) is 103 cm³/mol. The normalized spacial score (nSPS) is 11.4. The summed E-state index contributed by atoms with van der Waals surface area (Å²) in [5.41, 5.74) is 1.77. The number of aryl methyl sites for hydroxylation is 1. The van der Waals surface area contributed by atoms with Crippen LogP contribution >= 0.6 is 0 Å². The molecule has 0 spiro atoms. The summed E-state index contributed by atoms with van der Waals surface area (Å²) in [5, 5.41) is 0. The summed E-state index contributed by atoms with van der Waals surface area (Å²) < 4.78 is 26.1.